The summed E-state index contributed by atoms with van der Waals surface area (Å²) in [4.78, 5) is 0. The molecule has 1 aliphatic heterocycles. The van der Waals surface area contributed by atoms with Crippen LogP contribution < -0.4 is 0 Å². The fraction of sp³-hybridized carbons (Fsp3) is 1.00. The van der Waals surface area contributed by atoms with Crippen LogP contribution in [0.25, 0.3) is 0 Å². The van der Waals surface area contributed by atoms with Gasteiger partial charge in [0.15, 0.2) is 0 Å². The van der Waals surface area contributed by atoms with Crippen LogP contribution in [0.4, 0.5) is 0 Å². The van der Waals surface area contributed by atoms with Gasteiger partial charge in [-0.3, -0.25) is 0 Å². The third-order valence-electron chi connectivity index (χ3n) is 4.83. The molecule has 3 heteroatoms. The molecule has 0 saturated carbocycles. The van der Waals surface area contributed by atoms with Crippen molar-refractivity contribution in [3.63, 3.8) is 0 Å². The second-order valence-electron chi connectivity index (χ2n) is 7.18. The first kappa shape index (κ1) is 24.9. The van der Waals surface area contributed by atoms with Gasteiger partial charge in [0.25, 0.3) is 0 Å². The van der Waals surface area contributed by atoms with Gasteiger partial charge in [-0.15, -0.1) is 0 Å². The van der Waals surface area contributed by atoms with Gasteiger partial charge in [-0.25, -0.2) is 0 Å². The van der Waals surface area contributed by atoms with E-state index in [9.17, 15) is 0 Å². The molecule has 1 fully saturated rings. The number of rotatable bonds is 17. The van der Waals surface area contributed by atoms with E-state index in [1.54, 1.807) is 0 Å². The maximum atomic E-state index is 8.69. The van der Waals surface area contributed by atoms with Gasteiger partial charge >= 0.3 is 0 Å². The normalized spacial score (nSPS) is 18.7. The van der Waals surface area contributed by atoms with E-state index < -0.39 is 0 Å². The largest absolute Gasteiger partial charge is 0.396 e. The second-order valence-corrected chi connectivity index (χ2v) is 7.18. The molecule has 1 N–H and O–H groups in total. The average molecular weight is 359 g/mol. The van der Waals surface area contributed by atoms with Gasteiger partial charge in [0.1, 0.15) is 0 Å². The number of aliphatic hydroxyl groups is 1. The van der Waals surface area contributed by atoms with Crippen molar-refractivity contribution in [2.24, 2.45) is 0 Å². The van der Waals surface area contributed by atoms with Crippen LogP contribution in [0.15, 0.2) is 0 Å². The molecule has 1 heterocycles. The van der Waals surface area contributed by atoms with Gasteiger partial charge < -0.3 is 14.6 Å². The second kappa shape index (κ2) is 20.2. The van der Waals surface area contributed by atoms with E-state index in [1.165, 1.54) is 83.5 Å². The lowest BCUT2D eigenvalue weighted by molar-refractivity contribution is 0.162. The Morgan fingerprint density at radius 2 is 1.08 bits per heavy atom. The van der Waals surface area contributed by atoms with Gasteiger partial charge in [0, 0.05) is 19.8 Å². The van der Waals surface area contributed by atoms with Crippen LogP contribution >= 0.6 is 0 Å². The zero-order valence-electron chi connectivity index (χ0n) is 17.4. The monoisotopic (exact) mass is 358 g/mol. The molecule has 0 aromatic heterocycles. The Labute approximate surface area is 157 Å². The zero-order valence-corrected chi connectivity index (χ0v) is 17.4. The van der Waals surface area contributed by atoms with Crippen LogP contribution in [0.3, 0.4) is 0 Å². The van der Waals surface area contributed by atoms with Crippen LogP contribution in [0.2, 0.25) is 0 Å². The maximum Gasteiger partial charge on any atom is 0.0841 e. The summed E-state index contributed by atoms with van der Waals surface area (Å²) in [5.74, 6) is 0. The van der Waals surface area contributed by atoms with Crippen molar-refractivity contribution < 1.29 is 14.6 Å². The van der Waals surface area contributed by atoms with E-state index in [1.807, 2.05) is 13.8 Å². The molecule has 2 unspecified atom stereocenters. The topological polar surface area (TPSA) is 42.0 Å². The molecule has 0 aromatic rings. The lowest BCUT2D eigenvalue weighted by Gasteiger charge is -2.00. The van der Waals surface area contributed by atoms with Crippen molar-refractivity contribution in [1.29, 1.82) is 0 Å². The summed E-state index contributed by atoms with van der Waals surface area (Å²) in [5.41, 5.74) is 0. The number of aliphatic hydroxyl groups excluding tert-OH is 1. The summed E-state index contributed by atoms with van der Waals surface area (Å²) < 4.78 is 10.6. The highest BCUT2D eigenvalue weighted by molar-refractivity contribution is 4.84. The van der Waals surface area contributed by atoms with Gasteiger partial charge in [0.2, 0.25) is 0 Å². The molecule has 1 rings (SSSR count). The number of hydrogen-bond acceptors (Lipinski definition) is 3. The Morgan fingerprint density at radius 1 is 0.640 bits per heavy atom. The van der Waals surface area contributed by atoms with Crippen LogP contribution in [0.1, 0.15) is 111 Å². The minimum atomic E-state index is 0.357. The highest BCUT2D eigenvalue weighted by Gasteiger charge is 2.36. The van der Waals surface area contributed by atoms with E-state index in [2.05, 4.69) is 6.92 Å². The van der Waals surface area contributed by atoms with Crippen LogP contribution in [0.5, 0.6) is 0 Å². The van der Waals surface area contributed by atoms with E-state index in [0.717, 1.165) is 19.6 Å². The Kier molecular flexibility index (Phi) is 20.1. The maximum absolute atomic E-state index is 8.69. The molecule has 0 bridgehead atoms. The van der Waals surface area contributed by atoms with Crippen molar-refractivity contribution in [3.8, 4) is 0 Å². The van der Waals surface area contributed by atoms with Gasteiger partial charge in [-0.2, -0.15) is 0 Å². The molecule has 0 radical (unpaired) electrons. The van der Waals surface area contributed by atoms with Crippen LogP contribution in [0, 0.1) is 0 Å². The quantitative estimate of drug-likeness (QED) is 0.246. The van der Waals surface area contributed by atoms with Gasteiger partial charge in [-0.05, 0) is 33.1 Å². The van der Waals surface area contributed by atoms with Crippen molar-refractivity contribution in [1.82, 2.24) is 0 Å². The van der Waals surface area contributed by atoms with E-state index in [0.29, 0.717) is 18.8 Å². The summed E-state index contributed by atoms with van der Waals surface area (Å²) in [6, 6.07) is 0. The first-order valence-electron chi connectivity index (χ1n) is 11.1. The minimum absolute atomic E-state index is 0.357. The van der Waals surface area contributed by atoms with Crippen molar-refractivity contribution >= 4 is 0 Å². The van der Waals surface area contributed by atoms with Crippen molar-refractivity contribution in [2.45, 2.75) is 123 Å². The van der Waals surface area contributed by atoms with Crippen molar-refractivity contribution in [2.75, 3.05) is 19.8 Å². The molecule has 152 valence electrons. The number of unbranched alkanes of at least 4 members (excludes halogenated alkanes) is 10. The highest BCUT2D eigenvalue weighted by Crippen LogP contribution is 2.31. The van der Waals surface area contributed by atoms with Gasteiger partial charge in [-0.1, -0.05) is 77.6 Å². The molecule has 0 amide bonds. The Hall–Kier alpha value is -0.120. The number of ether oxygens (including phenoxy) is 2. The van der Waals surface area contributed by atoms with E-state index in [-0.39, 0.29) is 0 Å². The molecule has 25 heavy (non-hydrogen) atoms. The Bertz CT molecular complexity index is 243. The summed E-state index contributed by atoms with van der Waals surface area (Å²) in [6.45, 7) is 8.30. The SMILES string of the molecule is CCCCCCCCC1OC1CCCCCCCCO.CCOCC. The predicted octanol–water partition coefficient (Wildman–Crippen LogP) is 6.27. The molecule has 3 nitrogen and oxygen atoms in total. The average Bonchev–Trinajstić information content (AvgIpc) is 3.37. The van der Waals surface area contributed by atoms with E-state index >= 15 is 0 Å². The molecule has 1 aliphatic rings. The minimum Gasteiger partial charge on any atom is -0.396 e. The fourth-order valence-corrected chi connectivity index (χ4v) is 3.18. The number of epoxide rings is 1. The molecular weight excluding hydrogens is 312 g/mol. The van der Waals surface area contributed by atoms with Crippen LogP contribution in [-0.2, 0) is 9.47 Å². The standard InChI is InChI=1S/C18H36O2.C4H10O/c1-2-3-4-5-8-11-14-17-18(20-17)15-12-9-6-7-10-13-16-19;1-3-5-4-2/h17-19H,2-16H2,1H3;3-4H2,1-2H3. The zero-order chi connectivity index (χ0) is 18.6. The Balaban J connectivity index is 0.00000101. The molecule has 0 aromatic carbocycles. The molecule has 0 aliphatic carbocycles. The van der Waals surface area contributed by atoms with Gasteiger partial charge in [0.05, 0.1) is 12.2 Å². The predicted molar refractivity (Wildman–Crippen MR) is 108 cm³/mol. The lowest BCUT2D eigenvalue weighted by Crippen LogP contribution is -1.95. The third-order valence-corrected chi connectivity index (χ3v) is 4.83. The first-order valence-corrected chi connectivity index (χ1v) is 11.1. The van der Waals surface area contributed by atoms with Crippen LogP contribution in [-0.4, -0.2) is 37.1 Å². The summed E-state index contributed by atoms with van der Waals surface area (Å²) in [5, 5.41) is 8.69. The van der Waals surface area contributed by atoms with Crippen molar-refractivity contribution in [3.05, 3.63) is 0 Å². The summed E-state index contributed by atoms with van der Waals surface area (Å²) in [7, 11) is 0. The first-order chi connectivity index (χ1) is 12.3. The summed E-state index contributed by atoms with van der Waals surface area (Å²) in [6.07, 6.45) is 19.6. The fourth-order valence-electron chi connectivity index (χ4n) is 3.18. The molecule has 0 spiro atoms. The summed E-state index contributed by atoms with van der Waals surface area (Å²) >= 11 is 0. The third kappa shape index (κ3) is 18.5. The highest BCUT2D eigenvalue weighted by atomic mass is 16.6. The molecule has 1 saturated heterocycles. The lowest BCUT2D eigenvalue weighted by atomic mass is 10.0. The molecular formula is C22H46O3. The molecule has 2 atom stereocenters. The Morgan fingerprint density at radius 3 is 1.48 bits per heavy atom. The smallest absolute Gasteiger partial charge is 0.0841 e. The number of hydrogen-bond donors (Lipinski definition) is 1. The van der Waals surface area contributed by atoms with E-state index in [4.69, 9.17) is 14.6 Å².